The van der Waals surface area contributed by atoms with E-state index in [-0.39, 0.29) is 5.91 Å². The lowest BCUT2D eigenvalue weighted by molar-refractivity contribution is -0.121. The molecule has 0 bridgehead atoms. The maximum absolute atomic E-state index is 13.2. The van der Waals surface area contributed by atoms with Gasteiger partial charge in [0.25, 0.3) is 0 Å². The van der Waals surface area contributed by atoms with E-state index in [0.717, 1.165) is 36.8 Å². The number of rotatable bonds is 5. The van der Waals surface area contributed by atoms with Gasteiger partial charge in [-0.15, -0.1) is 0 Å². The second-order valence-electron chi connectivity index (χ2n) is 6.53. The minimum Gasteiger partial charge on any atom is -0.493 e. The quantitative estimate of drug-likeness (QED) is 0.898. The molecule has 132 valence electrons. The minimum atomic E-state index is -0.549. The van der Waals surface area contributed by atoms with Gasteiger partial charge in [-0.2, -0.15) is 0 Å². The Bertz CT molecular complexity index is 750. The summed E-state index contributed by atoms with van der Waals surface area (Å²) in [6.07, 6.45) is 5.46. The van der Waals surface area contributed by atoms with Crippen LogP contribution in [0.25, 0.3) is 0 Å². The van der Waals surface area contributed by atoms with Gasteiger partial charge in [0, 0.05) is 6.20 Å². The SMILES string of the molecule is COc1ccc(C2(C(=O)Nc3ccc(C)cn3)CCCC2)cc1OC. The fraction of sp³-hybridized carbons (Fsp3) is 0.400. The summed E-state index contributed by atoms with van der Waals surface area (Å²) in [6.45, 7) is 1.97. The second kappa shape index (κ2) is 7.13. The zero-order valence-corrected chi connectivity index (χ0v) is 15.0. The molecule has 0 atom stereocenters. The van der Waals surface area contributed by atoms with Crippen molar-refractivity contribution in [1.29, 1.82) is 0 Å². The number of anilines is 1. The summed E-state index contributed by atoms with van der Waals surface area (Å²) < 4.78 is 10.7. The molecule has 5 heteroatoms. The number of ether oxygens (including phenoxy) is 2. The van der Waals surface area contributed by atoms with E-state index in [4.69, 9.17) is 9.47 Å². The zero-order chi connectivity index (χ0) is 17.9. The van der Waals surface area contributed by atoms with Crippen LogP contribution in [0.15, 0.2) is 36.5 Å². The van der Waals surface area contributed by atoms with Crippen LogP contribution < -0.4 is 14.8 Å². The lowest BCUT2D eigenvalue weighted by atomic mass is 9.77. The van der Waals surface area contributed by atoms with Gasteiger partial charge in [0.15, 0.2) is 11.5 Å². The van der Waals surface area contributed by atoms with Crippen molar-refractivity contribution in [3.63, 3.8) is 0 Å². The number of amides is 1. The molecule has 2 aromatic rings. The lowest BCUT2D eigenvalue weighted by Crippen LogP contribution is -2.38. The van der Waals surface area contributed by atoms with E-state index in [0.29, 0.717) is 17.3 Å². The van der Waals surface area contributed by atoms with Gasteiger partial charge >= 0.3 is 0 Å². The van der Waals surface area contributed by atoms with Gasteiger partial charge in [0.05, 0.1) is 19.6 Å². The van der Waals surface area contributed by atoms with E-state index in [1.165, 1.54) is 0 Å². The van der Waals surface area contributed by atoms with Crippen LogP contribution in [-0.4, -0.2) is 25.1 Å². The van der Waals surface area contributed by atoms with Gasteiger partial charge in [-0.1, -0.05) is 25.0 Å². The van der Waals surface area contributed by atoms with E-state index in [1.54, 1.807) is 20.4 Å². The first-order valence-corrected chi connectivity index (χ1v) is 8.56. The van der Waals surface area contributed by atoms with Crippen LogP contribution in [0.2, 0.25) is 0 Å². The molecule has 0 aliphatic heterocycles. The van der Waals surface area contributed by atoms with Gasteiger partial charge in [-0.25, -0.2) is 4.98 Å². The summed E-state index contributed by atoms with van der Waals surface area (Å²) >= 11 is 0. The number of benzene rings is 1. The van der Waals surface area contributed by atoms with Gasteiger partial charge in [0.2, 0.25) is 5.91 Å². The van der Waals surface area contributed by atoms with Gasteiger partial charge < -0.3 is 14.8 Å². The first kappa shape index (κ1) is 17.3. The third kappa shape index (κ3) is 3.31. The molecule has 1 amide bonds. The van der Waals surface area contributed by atoms with Crippen molar-refractivity contribution in [1.82, 2.24) is 4.98 Å². The Kier molecular flexibility index (Phi) is 4.93. The van der Waals surface area contributed by atoms with Crippen molar-refractivity contribution in [2.45, 2.75) is 38.0 Å². The number of hydrogen-bond donors (Lipinski definition) is 1. The van der Waals surface area contributed by atoms with Crippen molar-refractivity contribution < 1.29 is 14.3 Å². The Labute approximate surface area is 148 Å². The second-order valence-corrected chi connectivity index (χ2v) is 6.53. The topological polar surface area (TPSA) is 60.5 Å². The fourth-order valence-electron chi connectivity index (χ4n) is 3.54. The smallest absolute Gasteiger partial charge is 0.236 e. The monoisotopic (exact) mass is 340 g/mol. The van der Waals surface area contributed by atoms with Crippen LogP contribution in [0.3, 0.4) is 0 Å². The zero-order valence-electron chi connectivity index (χ0n) is 15.0. The third-order valence-corrected chi connectivity index (χ3v) is 4.98. The standard InChI is InChI=1S/C20H24N2O3/c1-14-6-9-18(21-13-14)22-19(23)20(10-4-5-11-20)15-7-8-16(24-2)17(12-15)25-3/h6-9,12-13H,4-5,10-11H2,1-3H3,(H,21,22,23). The summed E-state index contributed by atoms with van der Waals surface area (Å²) in [5.74, 6) is 1.89. The highest BCUT2D eigenvalue weighted by Crippen LogP contribution is 2.44. The van der Waals surface area contributed by atoms with E-state index in [2.05, 4.69) is 10.3 Å². The third-order valence-electron chi connectivity index (χ3n) is 4.98. The fourth-order valence-corrected chi connectivity index (χ4v) is 3.54. The Hall–Kier alpha value is -2.56. The largest absolute Gasteiger partial charge is 0.493 e. The highest BCUT2D eigenvalue weighted by molar-refractivity contribution is 5.99. The van der Waals surface area contributed by atoms with E-state index < -0.39 is 5.41 Å². The number of nitrogens with zero attached hydrogens (tertiary/aromatic N) is 1. The Morgan fingerprint density at radius 1 is 1.08 bits per heavy atom. The van der Waals surface area contributed by atoms with Gasteiger partial charge in [-0.3, -0.25) is 4.79 Å². The molecule has 1 saturated carbocycles. The van der Waals surface area contributed by atoms with Crippen molar-refractivity contribution in [2.24, 2.45) is 0 Å². The van der Waals surface area contributed by atoms with Gasteiger partial charge in [-0.05, 0) is 49.1 Å². The normalized spacial score (nSPS) is 15.6. The molecular weight excluding hydrogens is 316 g/mol. The van der Waals surface area contributed by atoms with Crippen molar-refractivity contribution in [2.75, 3.05) is 19.5 Å². The molecule has 0 spiro atoms. The van der Waals surface area contributed by atoms with E-state index in [1.807, 2.05) is 37.3 Å². The average Bonchev–Trinajstić information content (AvgIpc) is 3.14. The van der Waals surface area contributed by atoms with E-state index >= 15 is 0 Å². The van der Waals surface area contributed by atoms with Gasteiger partial charge in [0.1, 0.15) is 5.82 Å². The summed E-state index contributed by atoms with van der Waals surface area (Å²) in [6, 6.07) is 9.54. The minimum absolute atomic E-state index is 0.00595. The molecule has 1 fully saturated rings. The van der Waals surface area contributed by atoms with Crippen molar-refractivity contribution >= 4 is 11.7 Å². The number of carbonyl (C=O) groups is 1. The predicted molar refractivity (Wildman–Crippen MR) is 97.3 cm³/mol. The number of nitrogens with one attached hydrogen (secondary N) is 1. The van der Waals surface area contributed by atoms with Crippen LogP contribution in [0.5, 0.6) is 11.5 Å². The molecule has 3 rings (SSSR count). The first-order chi connectivity index (χ1) is 12.1. The Morgan fingerprint density at radius 2 is 1.80 bits per heavy atom. The molecule has 1 aliphatic rings. The molecule has 1 heterocycles. The molecule has 0 radical (unpaired) electrons. The van der Waals surface area contributed by atoms with Crippen LogP contribution in [0.1, 0.15) is 36.8 Å². The lowest BCUT2D eigenvalue weighted by Gasteiger charge is -2.28. The van der Waals surface area contributed by atoms with Crippen LogP contribution in [0.4, 0.5) is 5.82 Å². The van der Waals surface area contributed by atoms with Crippen molar-refractivity contribution in [3.8, 4) is 11.5 Å². The summed E-state index contributed by atoms with van der Waals surface area (Å²) in [7, 11) is 3.22. The van der Waals surface area contributed by atoms with Crippen molar-refractivity contribution in [3.05, 3.63) is 47.7 Å². The average molecular weight is 340 g/mol. The molecule has 5 nitrogen and oxygen atoms in total. The molecule has 1 aliphatic carbocycles. The molecule has 1 N–H and O–H groups in total. The molecule has 1 aromatic heterocycles. The number of aromatic nitrogens is 1. The first-order valence-electron chi connectivity index (χ1n) is 8.56. The predicted octanol–water partition coefficient (Wildman–Crippen LogP) is 3.86. The maximum Gasteiger partial charge on any atom is 0.236 e. The number of hydrogen-bond acceptors (Lipinski definition) is 4. The highest BCUT2D eigenvalue weighted by Gasteiger charge is 2.43. The maximum atomic E-state index is 13.2. The Morgan fingerprint density at radius 3 is 2.40 bits per heavy atom. The van der Waals surface area contributed by atoms with Crippen LogP contribution in [0, 0.1) is 6.92 Å². The molecule has 25 heavy (non-hydrogen) atoms. The molecular formula is C20H24N2O3. The summed E-state index contributed by atoms with van der Waals surface area (Å²) in [4.78, 5) is 17.5. The number of aryl methyl sites for hydroxylation is 1. The van der Waals surface area contributed by atoms with Crippen LogP contribution >= 0.6 is 0 Å². The van der Waals surface area contributed by atoms with E-state index in [9.17, 15) is 4.79 Å². The molecule has 0 saturated heterocycles. The molecule has 0 unspecified atom stereocenters. The number of methoxy groups -OCH3 is 2. The highest BCUT2D eigenvalue weighted by atomic mass is 16.5. The molecule has 1 aromatic carbocycles. The number of pyridine rings is 1. The number of carbonyl (C=O) groups excluding carboxylic acids is 1. The summed E-state index contributed by atoms with van der Waals surface area (Å²) in [5, 5.41) is 2.99. The van der Waals surface area contributed by atoms with Crippen LogP contribution in [-0.2, 0) is 10.2 Å². The Balaban J connectivity index is 1.93. The summed E-state index contributed by atoms with van der Waals surface area (Å²) in [5.41, 5.74) is 1.48.